The molecule has 98 valence electrons. The van der Waals surface area contributed by atoms with Gasteiger partial charge in [-0.25, -0.2) is 0 Å². The van der Waals surface area contributed by atoms with Crippen molar-refractivity contribution in [1.82, 2.24) is 9.97 Å². The van der Waals surface area contributed by atoms with Gasteiger partial charge in [-0.05, 0) is 30.2 Å². The first-order chi connectivity index (χ1) is 9.83. The van der Waals surface area contributed by atoms with Crippen molar-refractivity contribution >= 4 is 10.9 Å². The molecule has 1 atom stereocenters. The third-order valence-corrected chi connectivity index (χ3v) is 3.68. The van der Waals surface area contributed by atoms with Crippen LogP contribution in [0.3, 0.4) is 0 Å². The predicted molar refractivity (Wildman–Crippen MR) is 79.4 cm³/mol. The smallest absolute Gasteiger partial charge is 0.101 e. The van der Waals surface area contributed by atoms with Crippen molar-refractivity contribution in [3.8, 4) is 6.07 Å². The fourth-order valence-electron chi connectivity index (χ4n) is 2.65. The lowest BCUT2D eigenvalue weighted by atomic mass is 9.92. The minimum Gasteiger partial charge on any atom is -0.360 e. The normalized spacial score (nSPS) is 12.2. The summed E-state index contributed by atoms with van der Waals surface area (Å²) < 4.78 is 0. The Balaban J connectivity index is 2.07. The largest absolute Gasteiger partial charge is 0.360 e. The Labute approximate surface area is 117 Å². The predicted octanol–water partition coefficient (Wildman–Crippen LogP) is 3.98. The molecule has 0 amide bonds. The Kier molecular flexibility index (Phi) is 3.22. The number of aromatic nitrogens is 2. The standard InChI is InChI=1S/C17H15N3/c1-2-14(16-5-3-4-8-19-16)12-6-7-15-13(10-18)11-20-17(15)9-12/h3-9,11,14,20H,2H2,1H3. The van der Waals surface area contributed by atoms with Crippen LogP contribution in [0.4, 0.5) is 0 Å². The van der Waals surface area contributed by atoms with Gasteiger partial charge in [-0.2, -0.15) is 5.26 Å². The number of hydrogen-bond donors (Lipinski definition) is 1. The number of hydrogen-bond acceptors (Lipinski definition) is 2. The number of rotatable bonds is 3. The molecule has 0 aliphatic carbocycles. The SMILES string of the molecule is CCC(c1ccc2c(C#N)c[nH]c2c1)c1ccccn1. The van der Waals surface area contributed by atoms with Crippen LogP contribution in [0.25, 0.3) is 10.9 Å². The van der Waals surface area contributed by atoms with E-state index in [0.717, 1.165) is 23.0 Å². The summed E-state index contributed by atoms with van der Waals surface area (Å²) in [5, 5.41) is 10.0. The van der Waals surface area contributed by atoms with Crippen molar-refractivity contribution < 1.29 is 0 Å². The van der Waals surface area contributed by atoms with Crippen molar-refractivity contribution in [3.05, 3.63) is 65.6 Å². The summed E-state index contributed by atoms with van der Waals surface area (Å²) in [6, 6.07) is 14.5. The average Bonchev–Trinajstić information content (AvgIpc) is 2.91. The van der Waals surface area contributed by atoms with Gasteiger partial charge in [0.2, 0.25) is 0 Å². The van der Waals surface area contributed by atoms with Gasteiger partial charge in [0.25, 0.3) is 0 Å². The number of nitriles is 1. The third kappa shape index (κ3) is 2.06. The zero-order valence-corrected chi connectivity index (χ0v) is 11.3. The van der Waals surface area contributed by atoms with E-state index in [1.54, 1.807) is 6.20 Å². The van der Waals surface area contributed by atoms with E-state index in [2.05, 4.69) is 41.2 Å². The highest BCUT2D eigenvalue weighted by Crippen LogP contribution is 2.29. The van der Waals surface area contributed by atoms with Crippen molar-refractivity contribution in [1.29, 1.82) is 5.26 Å². The van der Waals surface area contributed by atoms with Crippen LogP contribution in [0.5, 0.6) is 0 Å². The quantitative estimate of drug-likeness (QED) is 0.775. The zero-order chi connectivity index (χ0) is 13.9. The van der Waals surface area contributed by atoms with E-state index in [4.69, 9.17) is 5.26 Å². The minimum absolute atomic E-state index is 0.287. The molecule has 0 aliphatic heterocycles. The lowest BCUT2D eigenvalue weighted by Crippen LogP contribution is -2.01. The Morgan fingerprint density at radius 3 is 2.90 bits per heavy atom. The number of benzene rings is 1. The van der Waals surface area contributed by atoms with Crippen LogP contribution in [0, 0.1) is 11.3 Å². The van der Waals surface area contributed by atoms with Crippen molar-refractivity contribution in [2.75, 3.05) is 0 Å². The van der Waals surface area contributed by atoms with E-state index >= 15 is 0 Å². The van der Waals surface area contributed by atoms with E-state index in [0.29, 0.717) is 5.56 Å². The molecule has 0 radical (unpaired) electrons. The summed E-state index contributed by atoms with van der Waals surface area (Å²) >= 11 is 0. The molecule has 0 aliphatic rings. The molecular formula is C17H15N3. The number of aromatic amines is 1. The summed E-state index contributed by atoms with van der Waals surface area (Å²) in [4.78, 5) is 7.63. The first-order valence-electron chi connectivity index (χ1n) is 6.75. The maximum Gasteiger partial charge on any atom is 0.101 e. The van der Waals surface area contributed by atoms with E-state index in [9.17, 15) is 0 Å². The topological polar surface area (TPSA) is 52.5 Å². The fourth-order valence-corrected chi connectivity index (χ4v) is 2.65. The van der Waals surface area contributed by atoms with E-state index < -0.39 is 0 Å². The maximum atomic E-state index is 9.05. The van der Waals surface area contributed by atoms with Gasteiger partial charge in [0.1, 0.15) is 6.07 Å². The van der Waals surface area contributed by atoms with Crippen LogP contribution < -0.4 is 0 Å². The molecule has 2 heterocycles. The summed E-state index contributed by atoms with van der Waals surface area (Å²) in [7, 11) is 0. The fraction of sp³-hybridized carbons (Fsp3) is 0.176. The van der Waals surface area contributed by atoms with Crippen LogP contribution in [0.1, 0.15) is 36.1 Å². The zero-order valence-electron chi connectivity index (χ0n) is 11.3. The van der Waals surface area contributed by atoms with Gasteiger partial charge in [-0.3, -0.25) is 4.98 Å². The molecule has 0 bridgehead atoms. The molecule has 1 unspecified atom stereocenters. The molecule has 1 aromatic carbocycles. The monoisotopic (exact) mass is 261 g/mol. The molecular weight excluding hydrogens is 246 g/mol. The van der Waals surface area contributed by atoms with Crippen molar-refractivity contribution in [2.24, 2.45) is 0 Å². The van der Waals surface area contributed by atoms with Crippen LogP contribution in [0.2, 0.25) is 0 Å². The molecule has 2 aromatic heterocycles. The second-order valence-corrected chi connectivity index (χ2v) is 4.83. The summed E-state index contributed by atoms with van der Waals surface area (Å²) in [5.41, 5.74) is 4.01. The van der Waals surface area contributed by atoms with Crippen molar-refractivity contribution in [3.63, 3.8) is 0 Å². The maximum absolute atomic E-state index is 9.05. The second kappa shape index (κ2) is 5.18. The van der Waals surface area contributed by atoms with Gasteiger partial charge in [-0.1, -0.05) is 25.1 Å². The van der Waals surface area contributed by atoms with Crippen LogP contribution in [-0.2, 0) is 0 Å². The van der Waals surface area contributed by atoms with Gasteiger partial charge in [-0.15, -0.1) is 0 Å². The number of fused-ring (bicyclic) bond motifs is 1. The van der Waals surface area contributed by atoms with Gasteiger partial charge < -0.3 is 4.98 Å². The van der Waals surface area contributed by atoms with Gasteiger partial charge in [0, 0.05) is 34.9 Å². The first kappa shape index (κ1) is 12.4. The Hall–Kier alpha value is -2.60. The van der Waals surface area contributed by atoms with Crippen LogP contribution in [0.15, 0.2) is 48.8 Å². The Morgan fingerprint density at radius 2 is 2.20 bits per heavy atom. The number of pyridine rings is 1. The van der Waals surface area contributed by atoms with E-state index in [-0.39, 0.29) is 5.92 Å². The minimum atomic E-state index is 0.287. The molecule has 3 nitrogen and oxygen atoms in total. The molecule has 3 heteroatoms. The Morgan fingerprint density at radius 1 is 1.30 bits per heavy atom. The molecule has 0 fully saturated rings. The van der Waals surface area contributed by atoms with Crippen molar-refractivity contribution in [2.45, 2.75) is 19.3 Å². The lowest BCUT2D eigenvalue weighted by molar-refractivity contribution is 0.750. The second-order valence-electron chi connectivity index (χ2n) is 4.83. The Bertz CT molecular complexity index is 766. The molecule has 0 spiro atoms. The van der Waals surface area contributed by atoms with E-state index in [1.807, 2.05) is 24.4 Å². The molecule has 20 heavy (non-hydrogen) atoms. The molecule has 3 aromatic rings. The highest BCUT2D eigenvalue weighted by atomic mass is 14.7. The number of nitrogens with one attached hydrogen (secondary N) is 1. The summed E-state index contributed by atoms with van der Waals surface area (Å²) in [6.07, 6.45) is 4.59. The highest BCUT2D eigenvalue weighted by molar-refractivity contribution is 5.86. The molecule has 0 saturated heterocycles. The van der Waals surface area contributed by atoms with Crippen LogP contribution >= 0.6 is 0 Å². The summed E-state index contributed by atoms with van der Waals surface area (Å²) in [6.45, 7) is 2.17. The number of nitrogens with zero attached hydrogens (tertiary/aromatic N) is 2. The van der Waals surface area contributed by atoms with Gasteiger partial charge >= 0.3 is 0 Å². The third-order valence-electron chi connectivity index (χ3n) is 3.68. The first-order valence-corrected chi connectivity index (χ1v) is 6.75. The van der Waals surface area contributed by atoms with Crippen LogP contribution in [-0.4, -0.2) is 9.97 Å². The highest BCUT2D eigenvalue weighted by Gasteiger charge is 2.14. The molecule has 1 N–H and O–H groups in total. The lowest BCUT2D eigenvalue weighted by Gasteiger charge is -2.14. The average molecular weight is 261 g/mol. The summed E-state index contributed by atoms with van der Waals surface area (Å²) in [5.74, 6) is 0.287. The van der Waals surface area contributed by atoms with E-state index in [1.165, 1.54) is 5.56 Å². The van der Waals surface area contributed by atoms with Gasteiger partial charge in [0.05, 0.1) is 5.56 Å². The molecule has 3 rings (SSSR count). The van der Waals surface area contributed by atoms with Gasteiger partial charge in [0.15, 0.2) is 0 Å². The molecule has 0 saturated carbocycles. The number of H-pyrrole nitrogens is 1.